The molecule has 0 amide bonds. The van der Waals surface area contributed by atoms with E-state index in [0.29, 0.717) is 6.04 Å². The number of methoxy groups -OCH3 is 1. The van der Waals surface area contributed by atoms with Crippen molar-refractivity contribution in [3.8, 4) is 11.5 Å². The SMILES string of the molecule is COc1ccc2c(c1)OCCCC2NCc1cnc2n1CCCC2. The van der Waals surface area contributed by atoms with Crippen LogP contribution in [0, 0.1) is 0 Å². The van der Waals surface area contributed by atoms with E-state index in [0.717, 1.165) is 50.5 Å². The fourth-order valence-corrected chi connectivity index (χ4v) is 3.74. The lowest BCUT2D eigenvalue weighted by Crippen LogP contribution is -2.23. The number of aromatic nitrogens is 2. The van der Waals surface area contributed by atoms with Gasteiger partial charge in [0.05, 0.1) is 19.4 Å². The number of aryl methyl sites for hydroxylation is 1. The zero-order valence-electron chi connectivity index (χ0n) is 14.3. The van der Waals surface area contributed by atoms with E-state index in [1.165, 1.54) is 29.9 Å². The van der Waals surface area contributed by atoms with Crippen LogP contribution in [-0.4, -0.2) is 23.3 Å². The number of benzene rings is 1. The number of imidazole rings is 1. The van der Waals surface area contributed by atoms with Crippen LogP contribution in [0.4, 0.5) is 0 Å². The molecule has 2 aliphatic rings. The van der Waals surface area contributed by atoms with Crippen molar-refractivity contribution in [2.24, 2.45) is 0 Å². The van der Waals surface area contributed by atoms with E-state index in [1.54, 1.807) is 7.11 Å². The molecular weight excluding hydrogens is 302 g/mol. The Morgan fingerprint density at radius 1 is 1.33 bits per heavy atom. The average molecular weight is 327 g/mol. The standard InChI is InChI=1S/C19H25N3O2/c1-23-15-7-8-16-17(5-4-10-24-18(16)11-15)20-12-14-13-21-19-6-2-3-9-22(14)19/h7-8,11,13,17,20H,2-6,9-10,12H2,1H3. The molecule has 5 heteroatoms. The monoisotopic (exact) mass is 327 g/mol. The summed E-state index contributed by atoms with van der Waals surface area (Å²) in [7, 11) is 1.69. The van der Waals surface area contributed by atoms with Gasteiger partial charge in [-0.3, -0.25) is 0 Å². The van der Waals surface area contributed by atoms with Gasteiger partial charge in [-0.15, -0.1) is 0 Å². The fraction of sp³-hybridized carbons (Fsp3) is 0.526. The number of nitrogens with zero attached hydrogens (tertiary/aromatic N) is 2. The second-order valence-corrected chi connectivity index (χ2v) is 6.60. The Morgan fingerprint density at radius 3 is 3.21 bits per heavy atom. The molecule has 1 aromatic carbocycles. The highest BCUT2D eigenvalue weighted by Gasteiger charge is 2.21. The first-order chi connectivity index (χ1) is 11.8. The van der Waals surface area contributed by atoms with Gasteiger partial charge in [0.15, 0.2) is 0 Å². The third kappa shape index (κ3) is 3.00. The molecule has 1 aromatic heterocycles. The van der Waals surface area contributed by atoms with E-state index in [4.69, 9.17) is 9.47 Å². The van der Waals surface area contributed by atoms with E-state index in [9.17, 15) is 0 Å². The molecule has 2 aromatic rings. The van der Waals surface area contributed by atoms with Crippen LogP contribution >= 0.6 is 0 Å². The Labute approximate surface area is 143 Å². The zero-order chi connectivity index (χ0) is 16.4. The quantitative estimate of drug-likeness (QED) is 0.936. The zero-order valence-corrected chi connectivity index (χ0v) is 14.3. The maximum Gasteiger partial charge on any atom is 0.127 e. The van der Waals surface area contributed by atoms with E-state index in [-0.39, 0.29) is 0 Å². The van der Waals surface area contributed by atoms with E-state index in [2.05, 4.69) is 20.9 Å². The number of nitrogens with one attached hydrogen (secondary N) is 1. The number of ether oxygens (including phenoxy) is 2. The molecule has 5 nitrogen and oxygen atoms in total. The molecule has 1 unspecified atom stereocenters. The molecule has 4 rings (SSSR count). The second kappa shape index (κ2) is 6.85. The van der Waals surface area contributed by atoms with Crippen LogP contribution in [0.3, 0.4) is 0 Å². The Kier molecular flexibility index (Phi) is 4.43. The summed E-state index contributed by atoms with van der Waals surface area (Å²) in [6.07, 6.45) is 7.81. The van der Waals surface area contributed by atoms with E-state index >= 15 is 0 Å². The van der Waals surface area contributed by atoms with Crippen molar-refractivity contribution in [1.29, 1.82) is 0 Å². The smallest absolute Gasteiger partial charge is 0.127 e. The van der Waals surface area contributed by atoms with Crippen molar-refractivity contribution < 1.29 is 9.47 Å². The Bertz CT molecular complexity index is 711. The van der Waals surface area contributed by atoms with Gasteiger partial charge in [-0.25, -0.2) is 4.98 Å². The van der Waals surface area contributed by atoms with Crippen LogP contribution in [0.2, 0.25) is 0 Å². The highest BCUT2D eigenvalue weighted by atomic mass is 16.5. The number of fused-ring (bicyclic) bond motifs is 2. The van der Waals surface area contributed by atoms with Gasteiger partial charge >= 0.3 is 0 Å². The lowest BCUT2D eigenvalue weighted by molar-refractivity contribution is 0.312. The Morgan fingerprint density at radius 2 is 2.29 bits per heavy atom. The Balaban J connectivity index is 1.51. The summed E-state index contributed by atoms with van der Waals surface area (Å²) in [6.45, 7) is 2.72. The second-order valence-electron chi connectivity index (χ2n) is 6.60. The molecule has 24 heavy (non-hydrogen) atoms. The number of rotatable bonds is 4. The molecule has 1 N–H and O–H groups in total. The first kappa shape index (κ1) is 15.5. The first-order valence-electron chi connectivity index (χ1n) is 8.92. The predicted octanol–water partition coefficient (Wildman–Crippen LogP) is 3.23. The fourth-order valence-electron chi connectivity index (χ4n) is 3.74. The summed E-state index contributed by atoms with van der Waals surface area (Å²) in [5.41, 5.74) is 2.52. The van der Waals surface area contributed by atoms with Crippen molar-refractivity contribution in [3.05, 3.63) is 41.5 Å². The van der Waals surface area contributed by atoms with Gasteiger partial charge in [0, 0.05) is 43.4 Å². The molecule has 0 saturated carbocycles. The third-order valence-electron chi connectivity index (χ3n) is 5.07. The van der Waals surface area contributed by atoms with Crippen molar-refractivity contribution in [2.75, 3.05) is 13.7 Å². The van der Waals surface area contributed by atoms with Gasteiger partial charge in [-0.05, 0) is 31.7 Å². The Hall–Kier alpha value is -2.01. The van der Waals surface area contributed by atoms with Crippen LogP contribution < -0.4 is 14.8 Å². The highest BCUT2D eigenvalue weighted by molar-refractivity contribution is 5.43. The number of hydrogen-bond acceptors (Lipinski definition) is 4. The maximum absolute atomic E-state index is 5.91. The molecule has 0 spiro atoms. The van der Waals surface area contributed by atoms with Crippen molar-refractivity contribution in [3.63, 3.8) is 0 Å². The van der Waals surface area contributed by atoms with Gasteiger partial charge < -0.3 is 19.4 Å². The molecule has 0 aliphatic carbocycles. The highest BCUT2D eigenvalue weighted by Crippen LogP contribution is 2.34. The van der Waals surface area contributed by atoms with Gasteiger partial charge in [0.25, 0.3) is 0 Å². The van der Waals surface area contributed by atoms with Gasteiger partial charge in [0.2, 0.25) is 0 Å². The van der Waals surface area contributed by atoms with Crippen LogP contribution in [0.25, 0.3) is 0 Å². The summed E-state index contributed by atoms with van der Waals surface area (Å²) in [5.74, 6) is 3.03. The normalized spacial score (nSPS) is 19.8. The van der Waals surface area contributed by atoms with Crippen LogP contribution in [0.1, 0.15) is 48.8 Å². The largest absolute Gasteiger partial charge is 0.497 e. The van der Waals surface area contributed by atoms with Crippen LogP contribution in [0.5, 0.6) is 11.5 Å². The molecule has 3 heterocycles. The molecule has 0 fully saturated rings. The first-order valence-corrected chi connectivity index (χ1v) is 8.92. The maximum atomic E-state index is 5.91. The van der Waals surface area contributed by atoms with Crippen molar-refractivity contribution >= 4 is 0 Å². The summed E-state index contributed by atoms with van der Waals surface area (Å²) in [6, 6.07) is 6.45. The molecule has 0 bridgehead atoms. The molecule has 128 valence electrons. The summed E-state index contributed by atoms with van der Waals surface area (Å²) < 4.78 is 13.6. The molecule has 2 aliphatic heterocycles. The molecular formula is C19H25N3O2. The minimum Gasteiger partial charge on any atom is -0.497 e. The summed E-state index contributed by atoms with van der Waals surface area (Å²) >= 11 is 0. The summed E-state index contributed by atoms with van der Waals surface area (Å²) in [4.78, 5) is 4.59. The predicted molar refractivity (Wildman–Crippen MR) is 92.5 cm³/mol. The third-order valence-corrected chi connectivity index (χ3v) is 5.07. The lowest BCUT2D eigenvalue weighted by Gasteiger charge is -2.21. The van der Waals surface area contributed by atoms with E-state index in [1.807, 2.05) is 18.3 Å². The average Bonchev–Trinajstić information content (AvgIpc) is 2.93. The minimum absolute atomic E-state index is 0.308. The van der Waals surface area contributed by atoms with Gasteiger partial charge in [-0.1, -0.05) is 6.07 Å². The molecule has 0 radical (unpaired) electrons. The van der Waals surface area contributed by atoms with Gasteiger partial charge in [-0.2, -0.15) is 0 Å². The molecule has 0 saturated heterocycles. The van der Waals surface area contributed by atoms with Gasteiger partial charge in [0.1, 0.15) is 17.3 Å². The summed E-state index contributed by atoms with van der Waals surface area (Å²) in [5, 5.41) is 3.73. The number of hydrogen-bond donors (Lipinski definition) is 1. The van der Waals surface area contributed by atoms with Crippen molar-refractivity contribution in [1.82, 2.24) is 14.9 Å². The lowest BCUT2D eigenvalue weighted by atomic mass is 10.0. The van der Waals surface area contributed by atoms with Crippen molar-refractivity contribution in [2.45, 2.75) is 51.2 Å². The topological polar surface area (TPSA) is 48.3 Å². The van der Waals surface area contributed by atoms with E-state index < -0.39 is 0 Å². The minimum atomic E-state index is 0.308. The van der Waals surface area contributed by atoms with Crippen LogP contribution in [0.15, 0.2) is 24.4 Å². The molecule has 1 atom stereocenters. The van der Waals surface area contributed by atoms with Crippen LogP contribution in [-0.2, 0) is 19.5 Å².